The van der Waals surface area contributed by atoms with Crippen molar-refractivity contribution in [1.29, 1.82) is 0 Å². The maximum Gasteiger partial charge on any atom is 0.251 e. The highest BCUT2D eigenvalue weighted by Gasteiger charge is 2.26. The normalized spacial score (nSPS) is 12.7. The molecule has 0 atom stereocenters. The predicted molar refractivity (Wildman–Crippen MR) is 114 cm³/mol. The Morgan fingerprint density at radius 2 is 1.90 bits per heavy atom. The van der Waals surface area contributed by atoms with Gasteiger partial charge in [-0.05, 0) is 62.1 Å². The van der Waals surface area contributed by atoms with Crippen LogP contribution in [0, 0.1) is 6.92 Å². The van der Waals surface area contributed by atoms with Crippen LogP contribution in [0.2, 0.25) is 0 Å². The van der Waals surface area contributed by atoms with Gasteiger partial charge < -0.3 is 20.5 Å². The molecular weight excluding hydrogens is 390 g/mol. The summed E-state index contributed by atoms with van der Waals surface area (Å²) < 4.78 is 10.7. The van der Waals surface area contributed by atoms with Crippen molar-refractivity contribution in [2.75, 3.05) is 33.1 Å². The molecule has 2 amide bonds. The molecule has 1 aliphatic rings. The number of benzene rings is 1. The molecule has 0 saturated carbocycles. The first kappa shape index (κ1) is 21.1. The molecule has 8 heteroatoms. The molecule has 1 aromatic carbocycles. The standard InChI is InChI=1S/C21H27N3O4S/c1-12-8-15(27-3)16(28-4)9-13(12)10-24(2)11-18(25)23-21-19(20(22)26)14-6-5-7-17(14)29-21/h8-9H,5-7,10-11H2,1-4H3,(H2,22,26)(H,23,25). The smallest absolute Gasteiger partial charge is 0.251 e. The number of thiophene rings is 1. The lowest BCUT2D eigenvalue weighted by molar-refractivity contribution is -0.117. The number of rotatable bonds is 8. The fourth-order valence-corrected chi connectivity index (χ4v) is 5.01. The van der Waals surface area contributed by atoms with Gasteiger partial charge in [-0.3, -0.25) is 14.5 Å². The molecule has 0 fully saturated rings. The maximum atomic E-state index is 12.6. The van der Waals surface area contributed by atoms with Crippen LogP contribution in [0.15, 0.2) is 12.1 Å². The minimum Gasteiger partial charge on any atom is -0.493 e. The summed E-state index contributed by atoms with van der Waals surface area (Å²) in [5.41, 5.74) is 9.15. The Labute approximate surface area is 174 Å². The minimum atomic E-state index is -0.478. The van der Waals surface area contributed by atoms with Crippen LogP contribution in [-0.4, -0.2) is 44.5 Å². The Bertz CT molecular complexity index is 938. The van der Waals surface area contributed by atoms with E-state index in [0.717, 1.165) is 40.8 Å². The molecule has 156 valence electrons. The highest BCUT2D eigenvalue weighted by Crippen LogP contribution is 2.38. The van der Waals surface area contributed by atoms with Gasteiger partial charge in [0.15, 0.2) is 11.5 Å². The number of hydrogen-bond acceptors (Lipinski definition) is 6. The number of carbonyl (C=O) groups is 2. The molecule has 29 heavy (non-hydrogen) atoms. The fourth-order valence-electron chi connectivity index (χ4n) is 3.70. The van der Waals surface area contributed by atoms with Gasteiger partial charge in [-0.1, -0.05) is 0 Å². The highest BCUT2D eigenvalue weighted by atomic mass is 32.1. The van der Waals surface area contributed by atoms with Gasteiger partial charge in [-0.25, -0.2) is 0 Å². The zero-order valence-electron chi connectivity index (χ0n) is 17.3. The first-order chi connectivity index (χ1) is 13.8. The number of aryl methyl sites for hydroxylation is 2. The number of primary amides is 1. The molecule has 0 bridgehead atoms. The Kier molecular flexibility index (Phi) is 6.44. The summed E-state index contributed by atoms with van der Waals surface area (Å²) in [5, 5.41) is 3.46. The number of nitrogens with zero attached hydrogens (tertiary/aromatic N) is 1. The van der Waals surface area contributed by atoms with E-state index in [1.165, 1.54) is 11.3 Å². The number of fused-ring (bicyclic) bond motifs is 1. The van der Waals surface area contributed by atoms with Crippen molar-refractivity contribution in [3.05, 3.63) is 39.3 Å². The summed E-state index contributed by atoms with van der Waals surface area (Å²) in [5.74, 6) is 0.686. The quantitative estimate of drug-likeness (QED) is 0.689. The monoisotopic (exact) mass is 417 g/mol. The summed E-state index contributed by atoms with van der Waals surface area (Å²) >= 11 is 1.47. The van der Waals surface area contributed by atoms with Crippen molar-refractivity contribution >= 4 is 28.2 Å². The van der Waals surface area contributed by atoms with Crippen LogP contribution in [0.25, 0.3) is 0 Å². The molecule has 1 heterocycles. The second-order valence-corrected chi connectivity index (χ2v) is 8.39. The third kappa shape index (κ3) is 4.54. The van der Waals surface area contributed by atoms with Crippen molar-refractivity contribution in [3.8, 4) is 11.5 Å². The number of hydrogen-bond donors (Lipinski definition) is 2. The van der Waals surface area contributed by atoms with Crippen LogP contribution in [0.1, 0.15) is 38.3 Å². The molecule has 0 radical (unpaired) electrons. The van der Waals surface area contributed by atoms with E-state index in [1.54, 1.807) is 14.2 Å². The number of nitrogens with two attached hydrogens (primary N) is 1. The zero-order valence-corrected chi connectivity index (χ0v) is 18.1. The van der Waals surface area contributed by atoms with Crippen molar-refractivity contribution in [2.24, 2.45) is 5.73 Å². The van der Waals surface area contributed by atoms with E-state index in [1.807, 2.05) is 31.0 Å². The number of nitrogens with one attached hydrogen (secondary N) is 1. The van der Waals surface area contributed by atoms with E-state index in [0.29, 0.717) is 28.6 Å². The molecule has 0 aliphatic heterocycles. The van der Waals surface area contributed by atoms with Crippen LogP contribution in [-0.2, 0) is 24.2 Å². The van der Waals surface area contributed by atoms with Crippen LogP contribution in [0.3, 0.4) is 0 Å². The predicted octanol–water partition coefficient (Wildman–Crippen LogP) is 2.73. The first-order valence-corrected chi connectivity index (χ1v) is 10.3. The average Bonchev–Trinajstić information content (AvgIpc) is 3.22. The Morgan fingerprint density at radius 3 is 2.55 bits per heavy atom. The van der Waals surface area contributed by atoms with Crippen molar-refractivity contribution < 1.29 is 19.1 Å². The number of anilines is 1. The molecule has 1 aromatic heterocycles. The molecule has 3 rings (SSSR count). The van der Waals surface area contributed by atoms with Gasteiger partial charge in [0.2, 0.25) is 5.91 Å². The van der Waals surface area contributed by atoms with Gasteiger partial charge in [-0.15, -0.1) is 11.3 Å². The lowest BCUT2D eigenvalue weighted by atomic mass is 10.1. The average molecular weight is 418 g/mol. The summed E-state index contributed by atoms with van der Waals surface area (Å²) in [6.45, 7) is 2.76. The van der Waals surface area contributed by atoms with Crippen LogP contribution < -0.4 is 20.5 Å². The molecule has 2 aromatic rings. The lowest BCUT2D eigenvalue weighted by Gasteiger charge is -2.19. The molecule has 0 unspecified atom stereocenters. The maximum absolute atomic E-state index is 12.6. The van der Waals surface area contributed by atoms with Gasteiger partial charge in [0.1, 0.15) is 5.00 Å². The van der Waals surface area contributed by atoms with Crippen molar-refractivity contribution in [3.63, 3.8) is 0 Å². The number of ether oxygens (including phenoxy) is 2. The van der Waals surface area contributed by atoms with Crippen LogP contribution in [0.4, 0.5) is 5.00 Å². The van der Waals surface area contributed by atoms with Crippen LogP contribution in [0.5, 0.6) is 11.5 Å². The van der Waals surface area contributed by atoms with Gasteiger partial charge >= 0.3 is 0 Å². The number of amides is 2. The first-order valence-electron chi connectivity index (χ1n) is 9.48. The zero-order chi connectivity index (χ0) is 21.1. The summed E-state index contributed by atoms with van der Waals surface area (Å²) in [7, 11) is 5.08. The SMILES string of the molecule is COc1cc(C)c(CN(C)CC(=O)Nc2sc3c(c2C(N)=O)CCC3)cc1OC. The number of methoxy groups -OCH3 is 2. The van der Waals surface area contributed by atoms with E-state index in [4.69, 9.17) is 15.2 Å². The second-order valence-electron chi connectivity index (χ2n) is 7.28. The molecule has 3 N–H and O–H groups in total. The molecule has 7 nitrogen and oxygen atoms in total. The topological polar surface area (TPSA) is 93.9 Å². The fraction of sp³-hybridized carbons (Fsp3) is 0.429. The minimum absolute atomic E-state index is 0.173. The Balaban J connectivity index is 1.67. The molecule has 0 spiro atoms. The van der Waals surface area contributed by atoms with Crippen molar-refractivity contribution in [2.45, 2.75) is 32.7 Å². The third-order valence-electron chi connectivity index (χ3n) is 5.12. The third-order valence-corrected chi connectivity index (χ3v) is 6.32. The van der Waals surface area contributed by atoms with Crippen LogP contribution >= 0.6 is 11.3 Å². The van der Waals surface area contributed by atoms with Gasteiger partial charge in [-0.2, -0.15) is 0 Å². The van der Waals surface area contributed by atoms with Crippen molar-refractivity contribution in [1.82, 2.24) is 4.90 Å². The second kappa shape index (κ2) is 8.84. The number of likely N-dealkylation sites (N-methyl/N-ethyl adjacent to an activating group) is 1. The summed E-state index contributed by atoms with van der Waals surface area (Å²) in [4.78, 5) is 27.5. The lowest BCUT2D eigenvalue weighted by Crippen LogP contribution is -2.30. The molecule has 0 saturated heterocycles. The molecule has 1 aliphatic carbocycles. The Hall–Kier alpha value is -2.58. The largest absolute Gasteiger partial charge is 0.493 e. The van der Waals surface area contributed by atoms with E-state index in [2.05, 4.69) is 5.32 Å². The molecular formula is C21H27N3O4S. The summed E-state index contributed by atoms with van der Waals surface area (Å²) in [6.07, 6.45) is 2.82. The van der Waals surface area contributed by atoms with E-state index >= 15 is 0 Å². The summed E-state index contributed by atoms with van der Waals surface area (Å²) in [6, 6.07) is 3.85. The number of carbonyl (C=O) groups excluding carboxylic acids is 2. The van der Waals surface area contributed by atoms with Gasteiger partial charge in [0.05, 0.1) is 26.3 Å². The Morgan fingerprint density at radius 1 is 1.21 bits per heavy atom. The highest BCUT2D eigenvalue weighted by molar-refractivity contribution is 7.17. The van der Waals surface area contributed by atoms with Gasteiger partial charge in [0, 0.05) is 11.4 Å². The van der Waals surface area contributed by atoms with E-state index in [9.17, 15) is 9.59 Å². The van der Waals surface area contributed by atoms with E-state index < -0.39 is 5.91 Å². The van der Waals surface area contributed by atoms with Gasteiger partial charge in [0.25, 0.3) is 5.91 Å². The van der Waals surface area contributed by atoms with E-state index in [-0.39, 0.29) is 12.5 Å².